The Kier molecular flexibility index (Phi) is 3.76. The average Bonchev–Trinajstić information content (AvgIpc) is 2.70. The topological polar surface area (TPSA) is 105 Å². The Morgan fingerprint density at radius 3 is 2.58 bits per heavy atom. The van der Waals surface area contributed by atoms with Crippen molar-refractivity contribution in [2.45, 2.75) is 5.92 Å². The molecule has 1 aromatic carbocycles. The fourth-order valence-corrected chi connectivity index (χ4v) is 1.82. The summed E-state index contributed by atoms with van der Waals surface area (Å²) in [5.41, 5.74) is 8.74. The summed E-state index contributed by atoms with van der Waals surface area (Å²) in [7, 11) is 0. The van der Waals surface area contributed by atoms with Crippen LogP contribution in [0.5, 0.6) is 0 Å². The Morgan fingerprint density at radius 2 is 2.05 bits per heavy atom. The minimum atomic E-state index is -0.637. The maximum atomic E-state index is 12.1. The summed E-state index contributed by atoms with van der Waals surface area (Å²) in [5.74, 6) is -1.43. The maximum absolute atomic E-state index is 12.1. The highest BCUT2D eigenvalue weighted by molar-refractivity contribution is 6.02. The van der Waals surface area contributed by atoms with Crippen molar-refractivity contribution in [1.82, 2.24) is 15.8 Å². The molecule has 1 saturated heterocycles. The van der Waals surface area contributed by atoms with Crippen molar-refractivity contribution in [3.05, 3.63) is 35.9 Å². The summed E-state index contributed by atoms with van der Waals surface area (Å²) >= 11 is 0. The fraction of sp³-hybridized carbons (Fsp3) is 0.250. The molecule has 4 amide bonds. The number of carbonyl (C=O) groups is 3. The third-order valence-electron chi connectivity index (χ3n) is 2.79. The number of nitrogens with two attached hydrogens (primary N) is 1. The molecule has 1 aromatic rings. The minimum Gasteiger partial charge on any atom is -0.329 e. The molecule has 0 aromatic heterocycles. The number of amides is 4. The molecule has 0 radical (unpaired) electrons. The molecule has 1 unspecified atom stereocenters. The van der Waals surface area contributed by atoms with Gasteiger partial charge in [-0.3, -0.25) is 20.3 Å². The van der Waals surface area contributed by atoms with Gasteiger partial charge >= 0.3 is 6.03 Å². The molecule has 0 saturated carbocycles. The van der Waals surface area contributed by atoms with Crippen LogP contribution in [0.15, 0.2) is 30.3 Å². The zero-order valence-electron chi connectivity index (χ0n) is 10.1. The molecule has 1 aliphatic heterocycles. The van der Waals surface area contributed by atoms with Crippen LogP contribution in [0, 0.1) is 0 Å². The Morgan fingerprint density at radius 1 is 1.37 bits per heavy atom. The highest BCUT2D eigenvalue weighted by Crippen LogP contribution is 2.14. The standard InChI is InChI=1S/C12H14N4O3/c13-6-9(8-4-2-1-3-5-8)11(18)15-16-7-10(17)14-12(16)19/h1-5,9H,6-7,13H2,(H,15,18)(H,14,17,19). The second-order valence-electron chi connectivity index (χ2n) is 4.11. The van der Waals surface area contributed by atoms with Gasteiger partial charge in [0.1, 0.15) is 6.54 Å². The maximum Gasteiger partial charge on any atom is 0.343 e. The number of benzene rings is 1. The quantitative estimate of drug-likeness (QED) is 0.625. The van der Waals surface area contributed by atoms with Crippen molar-refractivity contribution in [3.63, 3.8) is 0 Å². The van der Waals surface area contributed by atoms with Crippen molar-refractivity contribution in [2.24, 2.45) is 5.73 Å². The first-order chi connectivity index (χ1) is 9.11. The van der Waals surface area contributed by atoms with Crippen LogP contribution in [-0.4, -0.2) is 35.9 Å². The molecular weight excluding hydrogens is 248 g/mol. The molecule has 100 valence electrons. The minimum absolute atomic E-state index is 0.110. The second kappa shape index (κ2) is 5.49. The molecule has 0 bridgehead atoms. The van der Waals surface area contributed by atoms with Crippen molar-refractivity contribution in [3.8, 4) is 0 Å². The molecule has 1 heterocycles. The highest BCUT2D eigenvalue weighted by Gasteiger charge is 2.30. The number of hydrazine groups is 1. The van der Waals surface area contributed by atoms with Gasteiger partial charge in [0, 0.05) is 6.54 Å². The predicted octanol–water partition coefficient (Wildman–Crippen LogP) is -0.688. The van der Waals surface area contributed by atoms with E-state index < -0.39 is 23.8 Å². The molecule has 7 nitrogen and oxygen atoms in total. The van der Waals surface area contributed by atoms with Gasteiger partial charge in [0.15, 0.2) is 0 Å². The monoisotopic (exact) mass is 262 g/mol. The summed E-state index contributed by atoms with van der Waals surface area (Å²) in [4.78, 5) is 34.4. The Labute approximate surface area is 109 Å². The van der Waals surface area contributed by atoms with Crippen LogP contribution in [0.4, 0.5) is 4.79 Å². The van der Waals surface area contributed by atoms with Crippen molar-refractivity contribution in [2.75, 3.05) is 13.1 Å². The van der Waals surface area contributed by atoms with E-state index in [2.05, 4.69) is 10.7 Å². The third-order valence-corrected chi connectivity index (χ3v) is 2.79. The average molecular weight is 262 g/mol. The molecule has 4 N–H and O–H groups in total. The molecule has 1 aliphatic rings. The number of hydrogen-bond acceptors (Lipinski definition) is 4. The third kappa shape index (κ3) is 2.89. The largest absolute Gasteiger partial charge is 0.343 e. The van der Waals surface area contributed by atoms with E-state index in [1.54, 1.807) is 24.3 Å². The summed E-state index contributed by atoms with van der Waals surface area (Å²) in [6.45, 7) is -0.0735. The zero-order valence-corrected chi connectivity index (χ0v) is 10.1. The van der Waals surface area contributed by atoms with Gasteiger partial charge in [-0.2, -0.15) is 0 Å². The normalized spacial score (nSPS) is 16.2. The predicted molar refractivity (Wildman–Crippen MR) is 66.6 cm³/mol. The molecule has 19 heavy (non-hydrogen) atoms. The Bertz CT molecular complexity index is 503. The number of imide groups is 1. The second-order valence-corrected chi connectivity index (χ2v) is 4.11. The first-order valence-corrected chi connectivity index (χ1v) is 5.78. The number of carbonyl (C=O) groups excluding carboxylic acids is 3. The number of rotatable bonds is 4. The first kappa shape index (κ1) is 13.0. The lowest BCUT2D eigenvalue weighted by atomic mass is 9.99. The lowest BCUT2D eigenvalue weighted by molar-refractivity contribution is -0.126. The van der Waals surface area contributed by atoms with Crippen molar-refractivity contribution < 1.29 is 14.4 Å². The van der Waals surface area contributed by atoms with Crippen LogP contribution in [0.25, 0.3) is 0 Å². The lowest BCUT2D eigenvalue weighted by Gasteiger charge is -2.20. The van der Waals surface area contributed by atoms with Gasteiger partial charge < -0.3 is 5.73 Å². The van der Waals surface area contributed by atoms with Gasteiger partial charge in [-0.15, -0.1) is 0 Å². The van der Waals surface area contributed by atoms with E-state index >= 15 is 0 Å². The Hall–Kier alpha value is -2.41. The molecule has 7 heteroatoms. The molecule has 1 fully saturated rings. The van der Waals surface area contributed by atoms with Crippen molar-refractivity contribution >= 4 is 17.8 Å². The van der Waals surface area contributed by atoms with Crippen LogP contribution >= 0.6 is 0 Å². The van der Waals surface area contributed by atoms with E-state index in [-0.39, 0.29) is 13.1 Å². The van der Waals surface area contributed by atoms with E-state index in [1.807, 2.05) is 6.07 Å². The summed E-state index contributed by atoms with van der Waals surface area (Å²) in [6, 6.07) is 8.37. The summed E-state index contributed by atoms with van der Waals surface area (Å²) < 4.78 is 0. The number of urea groups is 1. The number of nitrogens with one attached hydrogen (secondary N) is 2. The van der Waals surface area contributed by atoms with E-state index in [1.165, 1.54) is 0 Å². The first-order valence-electron chi connectivity index (χ1n) is 5.78. The smallest absolute Gasteiger partial charge is 0.329 e. The number of nitrogens with zero attached hydrogens (tertiary/aromatic N) is 1. The summed E-state index contributed by atoms with van der Waals surface area (Å²) in [6.07, 6.45) is 0. The van der Waals surface area contributed by atoms with Crippen LogP contribution in [0.2, 0.25) is 0 Å². The van der Waals surface area contributed by atoms with Gasteiger partial charge in [-0.25, -0.2) is 9.80 Å². The SMILES string of the molecule is NCC(C(=O)NN1CC(=O)NC1=O)c1ccccc1. The van der Waals surface area contributed by atoms with Gasteiger partial charge in [0.2, 0.25) is 11.8 Å². The van der Waals surface area contributed by atoms with E-state index in [0.29, 0.717) is 0 Å². The fourth-order valence-electron chi connectivity index (χ4n) is 1.82. The lowest BCUT2D eigenvalue weighted by Crippen LogP contribution is -2.47. The van der Waals surface area contributed by atoms with Crippen LogP contribution < -0.4 is 16.5 Å². The van der Waals surface area contributed by atoms with E-state index in [9.17, 15) is 14.4 Å². The molecular formula is C12H14N4O3. The van der Waals surface area contributed by atoms with Gasteiger partial charge in [-0.1, -0.05) is 30.3 Å². The van der Waals surface area contributed by atoms with Gasteiger partial charge in [-0.05, 0) is 5.56 Å². The van der Waals surface area contributed by atoms with E-state index in [0.717, 1.165) is 10.6 Å². The van der Waals surface area contributed by atoms with Crippen LogP contribution in [-0.2, 0) is 9.59 Å². The highest BCUT2D eigenvalue weighted by atomic mass is 16.2. The van der Waals surface area contributed by atoms with Crippen molar-refractivity contribution in [1.29, 1.82) is 0 Å². The Balaban J connectivity index is 2.06. The van der Waals surface area contributed by atoms with Gasteiger partial charge in [0.05, 0.1) is 5.92 Å². The molecule has 0 aliphatic carbocycles. The van der Waals surface area contributed by atoms with E-state index in [4.69, 9.17) is 5.73 Å². The van der Waals surface area contributed by atoms with Gasteiger partial charge in [0.25, 0.3) is 0 Å². The van der Waals surface area contributed by atoms with Crippen LogP contribution in [0.3, 0.4) is 0 Å². The zero-order chi connectivity index (χ0) is 13.8. The molecule has 2 rings (SSSR count). The molecule has 1 atom stereocenters. The van der Waals surface area contributed by atoms with Crippen LogP contribution in [0.1, 0.15) is 11.5 Å². The molecule has 0 spiro atoms. The summed E-state index contributed by atoms with van der Waals surface area (Å²) in [5, 5.41) is 3.01. The number of hydrogen-bond donors (Lipinski definition) is 3.